The quantitative estimate of drug-likeness (QED) is 0.388. The average Bonchev–Trinajstić information content (AvgIpc) is 2.67. The molecule has 1 aromatic heterocycles. The van der Waals surface area contributed by atoms with E-state index in [9.17, 15) is 4.39 Å². The standard InChI is InChI=1S/C12H20ClFN6.5ClH/c1-12(2)7(19(3)4)5-6-20(12)10-8(14)9(18-15)16-11(13)17-10;;;;;/h7H,5-6,15H2,1-4H3,(H,16,17,18);5*1H. The van der Waals surface area contributed by atoms with Gasteiger partial charge in [-0.1, -0.05) is 0 Å². The largest absolute Gasteiger partial charge is 0.347 e. The van der Waals surface area contributed by atoms with Gasteiger partial charge in [-0.2, -0.15) is 14.4 Å². The number of hydrazine groups is 1. The van der Waals surface area contributed by atoms with Gasteiger partial charge in [0.25, 0.3) is 0 Å². The second kappa shape index (κ2) is 12.6. The third kappa shape index (κ3) is 6.43. The zero-order valence-electron chi connectivity index (χ0n) is 14.2. The van der Waals surface area contributed by atoms with Crippen molar-refractivity contribution in [2.45, 2.75) is 31.8 Å². The summed E-state index contributed by atoms with van der Waals surface area (Å²) in [7, 11) is 4.04. The van der Waals surface area contributed by atoms with Crippen LogP contribution in [0.15, 0.2) is 0 Å². The molecule has 152 valence electrons. The third-order valence-corrected chi connectivity index (χ3v) is 4.13. The van der Waals surface area contributed by atoms with Gasteiger partial charge < -0.3 is 15.2 Å². The van der Waals surface area contributed by atoms with Crippen LogP contribution in [-0.2, 0) is 0 Å². The van der Waals surface area contributed by atoms with Crippen molar-refractivity contribution in [3.8, 4) is 0 Å². The fourth-order valence-electron chi connectivity index (χ4n) is 3.02. The lowest BCUT2D eigenvalue weighted by atomic mass is 9.95. The number of rotatable bonds is 3. The molecule has 0 aliphatic carbocycles. The maximum atomic E-state index is 14.4. The number of aromatic nitrogens is 2. The molecule has 1 aromatic rings. The van der Waals surface area contributed by atoms with Crippen molar-refractivity contribution in [2.24, 2.45) is 5.84 Å². The number of anilines is 2. The first-order valence-electron chi connectivity index (χ1n) is 6.42. The molecule has 1 fully saturated rings. The molecule has 1 aliphatic rings. The molecule has 0 aromatic carbocycles. The first kappa shape index (κ1) is 32.9. The number of nitrogens with one attached hydrogen (secondary N) is 1. The summed E-state index contributed by atoms with van der Waals surface area (Å²) in [5.41, 5.74) is 1.94. The van der Waals surface area contributed by atoms with Crippen LogP contribution >= 0.6 is 73.6 Å². The Kier molecular flexibility index (Phi) is 16.6. The number of hydrogen-bond acceptors (Lipinski definition) is 6. The fourth-order valence-corrected chi connectivity index (χ4v) is 3.19. The van der Waals surface area contributed by atoms with Crippen LogP contribution in [-0.4, -0.2) is 47.1 Å². The van der Waals surface area contributed by atoms with Gasteiger partial charge >= 0.3 is 0 Å². The van der Waals surface area contributed by atoms with Gasteiger partial charge in [-0.05, 0) is 46.0 Å². The number of nitrogen functional groups attached to an aromatic ring is 1. The molecule has 25 heavy (non-hydrogen) atoms. The van der Waals surface area contributed by atoms with Crippen LogP contribution in [0.4, 0.5) is 16.0 Å². The zero-order valence-corrected chi connectivity index (χ0v) is 19.0. The minimum Gasteiger partial charge on any atom is -0.347 e. The van der Waals surface area contributed by atoms with Crippen LogP contribution in [0.3, 0.4) is 0 Å². The Balaban J connectivity index is -0.000000441. The molecule has 1 saturated heterocycles. The van der Waals surface area contributed by atoms with Crippen molar-refractivity contribution in [2.75, 3.05) is 31.0 Å². The Hall–Kier alpha value is 0.270. The molecule has 2 rings (SSSR count). The van der Waals surface area contributed by atoms with Crippen LogP contribution in [0.1, 0.15) is 20.3 Å². The van der Waals surface area contributed by atoms with E-state index in [2.05, 4.69) is 34.1 Å². The maximum Gasteiger partial charge on any atom is 0.226 e. The zero-order chi connectivity index (χ0) is 15.1. The van der Waals surface area contributed by atoms with E-state index >= 15 is 0 Å². The topological polar surface area (TPSA) is 70.3 Å². The van der Waals surface area contributed by atoms with Gasteiger partial charge in [0.15, 0.2) is 11.6 Å². The molecule has 1 aliphatic heterocycles. The summed E-state index contributed by atoms with van der Waals surface area (Å²) in [4.78, 5) is 11.8. The molecule has 0 bridgehead atoms. The van der Waals surface area contributed by atoms with Crippen molar-refractivity contribution in [1.82, 2.24) is 14.9 Å². The predicted octanol–water partition coefficient (Wildman–Crippen LogP) is 3.58. The maximum absolute atomic E-state index is 14.4. The van der Waals surface area contributed by atoms with E-state index < -0.39 is 5.82 Å². The predicted molar refractivity (Wildman–Crippen MR) is 115 cm³/mol. The molecular formula is C12H25Cl6FN6. The molecule has 6 nitrogen and oxygen atoms in total. The first-order chi connectivity index (χ1) is 9.28. The molecule has 0 radical (unpaired) electrons. The summed E-state index contributed by atoms with van der Waals surface area (Å²) in [5.74, 6) is 4.78. The van der Waals surface area contributed by atoms with Gasteiger partial charge in [0, 0.05) is 12.6 Å². The SMILES string of the molecule is CN(C)C1CCN(c2nc(Cl)nc(NN)c2F)C1(C)C.Cl.Cl.Cl.Cl.Cl. The minimum atomic E-state index is -0.579. The lowest BCUT2D eigenvalue weighted by molar-refractivity contribution is 0.228. The van der Waals surface area contributed by atoms with Gasteiger partial charge in [0.05, 0.1) is 5.54 Å². The van der Waals surface area contributed by atoms with Crippen LogP contribution in [0.2, 0.25) is 5.28 Å². The van der Waals surface area contributed by atoms with Crippen LogP contribution in [0, 0.1) is 5.82 Å². The molecule has 0 saturated carbocycles. The Labute approximate surface area is 183 Å². The average molecular weight is 485 g/mol. The smallest absolute Gasteiger partial charge is 0.226 e. The molecule has 1 unspecified atom stereocenters. The lowest BCUT2D eigenvalue weighted by Gasteiger charge is -2.39. The Morgan fingerprint density at radius 3 is 2.12 bits per heavy atom. The van der Waals surface area contributed by atoms with Gasteiger partial charge in [0.2, 0.25) is 11.1 Å². The summed E-state index contributed by atoms with van der Waals surface area (Å²) in [6.07, 6.45) is 0.923. The molecule has 1 atom stereocenters. The summed E-state index contributed by atoms with van der Waals surface area (Å²) in [6.45, 7) is 4.83. The highest BCUT2D eigenvalue weighted by Gasteiger charge is 2.44. The summed E-state index contributed by atoms with van der Waals surface area (Å²) >= 11 is 5.85. The Bertz CT molecular complexity index is 521. The minimum absolute atomic E-state index is 0. The molecule has 2 heterocycles. The van der Waals surface area contributed by atoms with E-state index in [0.717, 1.165) is 6.42 Å². The van der Waals surface area contributed by atoms with E-state index in [-0.39, 0.29) is 84.5 Å². The van der Waals surface area contributed by atoms with Crippen LogP contribution < -0.4 is 16.2 Å². The second-order valence-electron chi connectivity index (χ2n) is 5.70. The van der Waals surface area contributed by atoms with Gasteiger partial charge in [-0.25, -0.2) is 5.84 Å². The van der Waals surface area contributed by atoms with Crippen molar-refractivity contribution < 1.29 is 4.39 Å². The highest BCUT2D eigenvalue weighted by Crippen LogP contribution is 2.37. The van der Waals surface area contributed by atoms with Crippen molar-refractivity contribution in [1.29, 1.82) is 0 Å². The Morgan fingerprint density at radius 2 is 1.72 bits per heavy atom. The van der Waals surface area contributed by atoms with Gasteiger partial charge in [-0.3, -0.25) is 0 Å². The van der Waals surface area contributed by atoms with Crippen molar-refractivity contribution in [3.63, 3.8) is 0 Å². The van der Waals surface area contributed by atoms with Gasteiger partial charge in [0.1, 0.15) is 0 Å². The summed E-state index contributed by atoms with van der Waals surface area (Å²) in [6, 6.07) is 0.296. The molecule has 3 N–H and O–H groups in total. The number of nitrogens with two attached hydrogens (primary N) is 1. The van der Waals surface area contributed by atoms with E-state index in [4.69, 9.17) is 17.4 Å². The number of likely N-dealkylation sites (N-methyl/N-ethyl adjacent to an activating group) is 1. The van der Waals surface area contributed by atoms with Crippen molar-refractivity contribution >= 4 is 85.3 Å². The highest BCUT2D eigenvalue weighted by atomic mass is 35.5. The van der Waals surface area contributed by atoms with E-state index in [1.807, 2.05) is 19.0 Å². The number of hydrogen-bond donors (Lipinski definition) is 2. The van der Waals surface area contributed by atoms with E-state index in [1.54, 1.807) is 0 Å². The van der Waals surface area contributed by atoms with Crippen LogP contribution in [0.5, 0.6) is 0 Å². The molecule has 0 amide bonds. The highest BCUT2D eigenvalue weighted by molar-refractivity contribution is 6.28. The summed E-state index contributed by atoms with van der Waals surface area (Å²) in [5, 5.41) is -0.0292. The summed E-state index contributed by atoms with van der Waals surface area (Å²) < 4.78 is 14.4. The van der Waals surface area contributed by atoms with Crippen molar-refractivity contribution in [3.05, 3.63) is 11.1 Å². The Morgan fingerprint density at radius 1 is 1.20 bits per heavy atom. The fraction of sp³-hybridized carbons (Fsp3) is 0.667. The molecule has 13 heteroatoms. The van der Waals surface area contributed by atoms with E-state index in [1.165, 1.54) is 0 Å². The second-order valence-corrected chi connectivity index (χ2v) is 6.03. The van der Waals surface area contributed by atoms with Gasteiger partial charge in [-0.15, -0.1) is 62.0 Å². The van der Waals surface area contributed by atoms with E-state index in [0.29, 0.717) is 12.6 Å². The van der Waals surface area contributed by atoms with Crippen LogP contribution in [0.25, 0.3) is 0 Å². The lowest BCUT2D eigenvalue weighted by Crippen LogP contribution is -2.51. The molecule has 0 spiro atoms. The first-order valence-corrected chi connectivity index (χ1v) is 6.80. The monoisotopic (exact) mass is 482 g/mol. The number of halogens is 7. The normalized spacial score (nSPS) is 17.3. The molecular weight excluding hydrogens is 460 g/mol. The third-order valence-electron chi connectivity index (χ3n) is 3.96. The number of nitrogens with zero attached hydrogens (tertiary/aromatic N) is 4.